The molecule has 0 radical (unpaired) electrons. The van der Waals surface area contributed by atoms with Gasteiger partial charge in [0.15, 0.2) is 17.5 Å². The van der Waals surface area contributed by atoms with Crippen LogP contribution in [0, 0.1) is 17.5 Å². The molecule has 0 heterocycles. The average Bonchev–Trinajstić information content (AvgIpc) is 2.43. The zero-order chi connectivity index (χ0) is 15.0. The smallest absolute Gasteiger partial charge is 0.194 e. The van der Waals surface area contributed by atoms with Gasteiger partial charge in [-0.05, 0) is 36.0 Å². The highest BCUT2D eigenvalue weighted by Gasteiger charge is 2.22. The molecule has 0 saturated heterocycles. The van der Waals surface area contributed by atoms with Crippen LogP contribution >= 0.6 is 0 Å². The quantitative estimate of drug-likeness (QED) is 0.828. The first-order chi connectivity index (χ1) is 10.1. The van der Waals surface area contributed by atoms with E-state index in [-0.39, 0.29) is 5.56 Å². The third kappa shape index (κ3) is 2.56. The largest absolute Gasteiger partial charge is 0.384 e. The number of aliphatic hydroxyl groups is 1. The number of rotatable bonds is 3. The van der Waals surface area contributed by atoms with Crippen molar-refractivity contribution in [2.75, 3.05) is 0 Å². The fraction of sp³-hybridized carbons (Fsp3) is 0.294. The summed E-state index contributed by atoms with van der Waals surface area (Å²) < 4.78 is 39.8. The van der Waals surface area contributed by atoms with Crippen molar-refractivity contribution in [3.8, 4) is 0 Å². The van der Waals surface area contributed by atoms with Crippen molar-refractivity contribution in [1.29, 1.82) is 0 Å². The first-order valence-corrected chi connectivity index (χ1v) is 6.99. The Morgan fingerprint density at radius 1 is 0.905 bits per heavy atom. The molecule has 0 aliphatic heterocycles. The fourth-order valence-corrected chi connectivity index (χ4v) is 2.62. The van der Waals surface area contributed by atoms with Gasteiger partial charge >= 0.3 is 0 Å². The van der Waals surface area contributed by atoms with E-state index in [1.807, 2.05) is 12.1 Å². The molecule has 1 atom stereocenters. The molecule has 110 valence electrons. The molecule has 1 unspecified atom stereocenters. The van der Waals surface area contributed by atoms with Gasteiger partial charge in [-0.3, -0.25) is 0 Å². The molecule has 0 spiro atoms. The van der Waals surface area contributed by atoms with Crippen LogP contribution in [-0.4, -0.2) is 5.11 Å². The molecule has 0 aromatic heterocycles. The average molecular weight is 292 g/mol. The Bertz CT molecular complexity index is 648. The Hall–Kier alpha value is -1.81. The molecule has 1 fully saturated rings. The highest BCUT2D eigenvalue weighted by molar-refractivity contribution is 5.34. The zero-order valence-corrected chi connectivity index (χ0v) is 11.3. The van der Waals surface area contributed by atoms with E-state index in [4.69, 9.17) is 0 Å². The van der Waals surface area contributed by atoms with Crippen molar-refractivity contribution < 1.29 is 18.3 Å². The first kappa shape index (κ1) is 14.1. The number of hydrogen-bond donors (Lipinski definition) is 1. The molecular formula is C17H15F3O. The topological polar surface area (TPSA) is 20.2 Å². The Balaban J connectivity index is 1.87. The molecule has 4 heteroatoms. The molecule has 3 rings (SSSR count). The minimum absolute atomic E-state index is 0.259. The molecular weight excluding hydrogens is 277 g/mol. The van der Waals surface area contributed by atoms with Gasteiger partial charge in [0.05, 0.1) is 0 Å². The van der Waals surface area contributed by atoms with E-state index in [9.17, 15) is 18.3 Å². The van der Waals surface area contributed by atoms with Gasteiger partial charge in [-0.2, -0.15) is 0 Å². The van der Waals surface area contributed by atoms with Gasteiger partial charge in [0, 0.05) is 5.56 Å². The highest BCUT2D eigenvalue weighted by Crippen LogP contribution is 2.37. The lowest BCUT2D eigenvalue weighted by molar-refractivity contribution is 0.212. The number of benzene rings is 2. The first-order valence-electron chi connectivity index (χ1n) is 6.99. The zero-order valence-electron chi connectivity index (χ0n) is 11.3. The van der Waals surface area contributed by atoms with Crippen molar-refractivity contribution in [1.82, 2.24) is 0 Å². The molecule has 0 amide bonds. The molecule has 2 aromatic rings. The predicted molar refractivity (Wildman–Crippen MR) is 73.4 cm³/mol. The monoisotopic (exact) mass is 292 g/mol. The fourth-order valence-electron chi connectivity index (χ4n) is 2.62. The maximum atomic E-state index is 13.7. The molecule has 1 N–H and O–H groups in total. The maximum absolute atomic E-state index is 13.7. The lowest BCUT2D eigenvalue weighted by Crippen LogP contribution is -2.09. The van der Waals surface area contributed by atoms with Crippen molar-refractivity contribution in [2.45, 2.75) is 31.3 Å². The van der Waals surface area contributed by atoms with Crippen LogP contribution in [0.4, 0.5) is 13.2 Å². The van der Waals surface area contributed by atoms with Crippen molar-refractivity contribution in [3.63, 3.8) is 0 Å². The second kappa shape index (κ2) is 5.53. The summed E-state index contributed by atoms with van der Waals surface area (Å²) in [5.41, 5.74) is 1.40. The summed E-state index contributed by atoms with van der Waals surface area (Å²) in [5, 5.41) is 10.2. The van der Waals surface area contributed by atoms with E-state index in [1.165, 1.54) is 24.8 Å². The second-order valence-corrected chi connectivity index (χ2v) is 5.46. The summed E-state index contributed by atoms with van der Waals surface area (Å²) in [6, 6.07) is 9.11. The van der Waals surface area contributed by atoms with Gasteiger partial charge in [0.2, 0.25) is 0 Å². The Labute approximate surface area is 121 Å². The summed E-state index contributed by atoms with van der Waals surface area (Å²) in [4.78, 5) is 0. The third-order valence-corrected chi connectivity index (χ3v) is 4.19. The minimum Gasteiger partial charge on any atom is -0.384 e. The number of aliphatic hydroxyl groups excluding tert-OH is 1. The number of hydrogen-bond acceptors (Lipinski definition) is 1. The Morgan fingerprint density at radius 2 is 1.57 bits per heavy atom. The van der Waals surface area contributed by atoms with Gasteiger partial charge < -0.3 is 5.11 Å². The minimum atomic E-state index is -1.56. The number of halogens is 3. The molecule has 1 nitrogen and oxygen atoms in total. The van der Waals surface area contributed by atoms with Crippen LogP contribution < -0.4 is 0 Å². The van der Waals surface area contributed by atoms with Gasteiger partial charge in [-0.15, -0.1) is 0 Å². The summed E-state index contributed by atoms with van der Waals surface area (Å²) >= 11 is 0. The summed E-state index contributed by atoms with van der Waals surface area (Å²) in [6.07, 6.45) is 2.25. The van der Waals surface area contributed by atoms with E-state index >= 15 is 0 Å². The van der Waals surface area contributed by atoms with Crippen molar-refractivity contribution in [2.24, 2.45) is 0 Å². The standard InChI is InChI=1S/C17H15F3O/c18-14-9-8-13(15(19)16(14)20)17(21)12-6-4-11(5-7-12)10-2-1-3-10/h4-10,17,21H,1-3H2. The molecule has 1 aliphatic rings. The Morgan fingerprint density at radius 3 is 2.14 bits per heavy atom. The van der Waals surface area contributed by atoms with Crippen LogP contribution in [0.25, 0.3) is 0 Å². The SMILES string of the molecule is OC(c1ccc(C2CCC2)cc1)c1ccc(F)c(F)c1F. The normalized spacial score (nSPS) is 16.6. The van der Waals surface area contributed by atoms with Crippen LogP contribution in [0.15, 0.2) is 36.4 Å². The summed E-state index contributed by atoms with van der Waals surface area (Å²) in [6.45, 7) is 0. The van der Waals surface area contributed by atoms with Crippen LogP contribution in [0.3, 0.4) is 0 Å². The van der Waals surface area contributed by atoms with Crippen molar-refractivity contribution in [3.05, 3.63) is 70.5 Å². The van der Waals surface area contributed by atoms with E-state index in [0.29, 0.717) is 11.5 Å². The van der Waals surface area contributed by atoms with Crippen LogP contribution in [-0.2, 0) is 0 Å². The molecule has 1 aliphatic carbocycles. The maximum Gasteiger partial charge on any atom is 0.194 e. The van der Waals surface area contributed by atoms with Gasteiger partial charge in [0.25, 0.3) is 0 Å². The van der Waals surface area contributed by atoms with Gasteiger partial charge in [0.1, 0.15) is 6.10 Å². The molecule has 0 bridgehead atoms. The van der Waals surface area contributed by atoms with Crippen LogP contribution in [0.2, 0.25) is 0 Å². The van der Waals surface area contributed by atoms with E-state index < -0.39 is 23.6 Å². The lowest BCUT2D eigenvalue weighted by Gasteiger charge is -2.26. The highest BCUT2D eigenvalue weighted by atomic mass is 19.2. The molecule has 1 saturated carbocycles. The lowest BCUT2D eigenvalue weighted by atomic mass is 9.80. The Kier molecular flexibility index (Phi) is 3.72. The summed E-state index contributed by atoms with van der Waals surface area (Å²) in [7, 11) is 0. The molecule has 21 heavy (non-hydrogen) atoms. The van der Waals surface area contributed by atoms with E-state index in [1.54, 1.807) is 12.1 Å². The van der Waals surface area contributed by atoms with Crippen LogP contribution in [0.1, 0.15) is 48.0 Å². The third-order valence-electron chi connectivity index (χ3n) is 4.19. The molecule has 2 aromatic carbocycles. The van der Waals surface area contributed by atoms with E-state index in [0.717, 1.165) is 12.1 Å². The second-order valence-electron chi connectivity index (χ2n) is 5.46. The van der Waals surface area contributed by atoms with Crippen molar-refractivity contribution >= 4 is 0 Å². The van der Waals surface area contributed by atoms with Crippen LogP contribution in [0.5, 0.6) is 0 Å². The summed E-state index contributed by atoms with van der Waals surface area (Å²) in [5.74, 6) is -3.59. The predicted octanol–water partition coefficient (Wildman–Crippen LogP) is 4.45. The van der Waals surface area contributed by atoms with E-state index in [2.05, 4.69) is 0 Å². The van der Waals surface area contributed by atoms with Gasteiger partial charge in [-0.25, -0.2) is 13.2 Å². The van der Waals surface area contributed by atoms with Gasteiger partial charge in [-0.1, -0.05) is 36.8 Å².